The first-order valence-corrected chi connectivity index (χ1v) is 4.77. The molecule has 1 heterocycles. The molecule has 0 spiro atoms. The van der Waals surface area contributed by atoms with Crippen LogP contribution in [0.5, 0.6) is 0 Å². The number of unbranched alkanes of at least 4 members (excludes halogenated alkanes) is 2. The number of rotatable bonds is 5. The standard InChI is InChI=1S/C10H16N2O/c1-3-4-5-6-12-7-10(8-13)9(2)11-12/h7-8H,3-6H2,1-2H3. The van der Waals surface area contributed by atoms with Crippen molar-refractivity contribution in [2.75, 3.05) is 0 Å². The second-order valence-electron chi connectivity index (χ2n) is 3.26. The van der Waals surface area contributed by atoms with Crippen molar-refractivity contribution in [3.05, 3.63) is 17.5 Å². The molecule has 3 heteroatoms. The number of carbonyl (C=O) groups excluding carboxylic acids is 1. The normalized spacial score (nSPS) is 10.3. The van der Waals surface area contributed by atoms with Crippen molar-refractivity contribution in [2.24, 2.45) is 0 Å². The van der Waals surface area contributed by atoms with Gasteiger partial charge >= 0.3 is 0 Å². The third kappa shape index (κ3) is 2.68. The zero-order valence-electron chi connectivity index (χ0n) is 8.29. The Labute approximate surface area is 78.8 Å². The van der Waals surface area contributed by atoms with E-state index in [0.717, 1.165) is 24.9 Å². The Hall–Kier alpha value is -1.12. The Morgan fingerprint density at radius 1 is 1.54 bits per heavy atom. The van der Waals surface area contributed by atoms with E-state index >= 15 is 0 Å². The Kier molecular flexibility index (Phi) is 3.68. The van der Waals surface area contributed by atoms with Gasteiger partial charge in [-0.2, -0.15) is 5.10 Å². The third-order valence-electron chi connectivity index (χ3n) is 2.10. The topological polar surface area (TPSA) is 34.9 Å². The highest BCUT2D eigenvalue weighted by Gasteiger charge is 2.02. The quantitative estimate of drug-likeness (QED) is 0.514. The van der Waals surface area contributed by atoms with E-state index in [1.165, 1.54) is 12.8 Å². The molecule has 0 aliphatic carbocycles. The number of nitrogens with zero attached hydrogens (tertiary/aromatic N) is 2. The summed E-state index contributed by atoms with van der Waals surface area (Å²) in [6.45, 7) is 4.95. The lowest BCUT2D eigenvalue weighted by molar-refractivity contribution is 0.112. The van der Waals surface area contributed by atoms with Gasteiger partial charge in [0.1, 0.15) is 0 Å². The molecule has 0 atom stereocenters. The fourth-order valence-electron chi connectivity index (χ4n) is 1.29. The summed E-state index contributed by atoms with van der Waals surface area (Å²) in [5.41, 5.74) is 1.53. The van der Waals surface area contributed by atoms with Gasteiger partial charge in [-0.25, -0.2) is 0 Å². The number of hydrogen-bond acceptors (Lipinski definition) is 2. The predicted octanol–water partition coefficient (Wildman–Crippen LogP) is 2.19. The van der Waals surface area contributed by atoms with Gasteiger partial charge < -0.3 is 0 Å². The van der Waals surface area contributed by atoms with E-state index < -0.39 is 0 Å². The Bertz CT molecular complexity index is 278. The molecule has 3 nitrogen and oxygen atoms in total. The fourth-order valence-corrected chi connectivity index (χ4v) is 1.29. The summed E-state index contributed by atoms with van der Waals surface area (Å²) in [4.78, 5) is 10.5. The molecule has 13 heavy (non-hydrogen) atoms. The van der Waals surface area contributed by atoms with Gasteiger partial charge in [-0.1, -0.05) is 19.8 Å². The first kappa shape index (κ1) is 9.96. The van der Waals surface area contributed by atoms with Crippen LogP contribution in [-0.4, -0.2) is 16.1 Å². The SMILES string of the molecule is CCCCCn1cc(C=O)c(C)n1. The van der Waals surface area contributed by atoms with Crippen LogP contribution in [-0.2, 0) is 6.54 Å². The van der Waals surface area contributed by atoms with E-state index in [-0.39, 0.29) is 0 Å². The molecule has 0 amide bonds. The molecule has 0 radical (unpaired) electrons. The molecule has 0 N–H and O–H groups in total. The highest BCUT2D eigenvalue weighted by atomic mass is 16.1. The van der Waals surface area contributed by atoms with Crippen LogP contribution >= 0.6 is 0 Å². The zero-order valence-corrected chi connectivity index (χ0v) is 8.29. The summed E-state index contributed by atoms with van der Waals surface area (Å²) in [6, 6.07) is 0. The smallest absolute Gasteiger partial charge is 0.153 e. The van der Waals surface area contributed by atoms with Gasteiger partial charge in [0, 0.05) is 12.7 Å². The maximum Gasteiger partial charge on any atom is 0.153 e. The monoisotopic (exact) mass is 180 g/mol. The molecule has 0 aromatic carbocycles. The second-order valence-corrected chi connectivity index (χ2v) is 3.26. The van der Waals surface area contributed by atoms with Crippen molar-refractivity contribution >= 4 is 6.29 Å². The number of carbonyl (C=O) groups is 1. The summed E-state index contributed by atoms with van der Waals surface area (Å²) in [5, 5.41) is 4.24. The summed E-state index contributed by atoms with van der Waals surface area (Å²) in [5.74, 6) is 0. The number of aryl methyl sites for hydroxylation is 2. The molecular formula is C10H16N2O. The van der Waals surface area contributed by atoms with Crippen molar-refractivity contribution in [1.29, 1.82) is 0 Å². The minimum Gasteiger partial charge on any atom is -0.298 e. The average molecular weight is 180 g/mol. The van der Waals surface area contributed by atoms with Gasteiger partial charge in [0.05, 0.1) is 11.3 Å². The second kappa shape index (κ2) is 4.80. The van der Waals surface area contributed by atoms with Crippen molar-refractivity contribution in [3.8, 4) is 0 Å². The Morgan fingerprint density at radius 3 is 2.85 bits per heavy atom. The van der Waals surface area contributed by atoms with E-state index in [9.17, 15) is 4.79 Å². The molecular weight excluding hydrogens is 164 g/mol. The van der Waals surface area contributed by atoms with Gasteiger partial charge in [-0.15, -0.1) is 0 Å². The summed E-state index contributed by atoms with van der Waals surface area (Å²) in [7, 11) is 0. The molecule has 1 aromatic rings. The maximum atomic E-state index is 10.5. The molecule has 0 unspecified atom stereocenters. The minimum absolute atomic E-state index is 0.705. The molecule has 0 saturated heterocycles. The molecule has 0 fully saturated rings. The first-order chi connectivity index (χ1) is 6.27. The molecule has 0 saturated carbocycles. The number of aldehydes is 1. The predicted molar refractivity (Wildman–Crippen MR) is 51.9 cm³/mol. The van der Waals surface area contributed by atoms with Crippen LogP contribution in [0.25, 0.3) is 0 Å². The Morgan fingerprint density at radius 2 is 2.31 bits per heavy atom. The van der Waals surface area contributed by atoms with Crippen LogP contribution in [0.3, 0.4) is 0 Å². The summed E-state index contributed by atoms with van der Waals surface area (Å²) < 4.78 is 1.86. The third-order valence-corrected chi connectivity index (χ3v) is 2.10. The molecule has 72 valence electrons. The first-order valence-electron chi connectivity index (χ1n) is 4.77. The van der Waals surface area contributed by atoms with E-state index in [1.807, 2.05) is 17.8 Å². The lowest BCUT2D eigenvalue weighted by Crippen LogP contribution is -1.98. The van der Waals surface area contributed by atoms with Gasteiger partial charge in [0.2, 0.25) is 0 Å². The summed E-state index contributed by atoms with van der Waals surface area (Å²) in [6.07, 6.45) is 6.24. The summed E-state index contributed by atoms with van der Waals surface area (Å²) >= 11 is 0. The molecule has 0 aliphatic rings. The van der Waals surface area contributed by atoms with Crippen LogP contribution in [0.2, 0.25) is 0 Å². The molecule has 1 aromatic heterocycles. The lowest BCUT2D eigenvalue weighted by Gasteiger charge is -1.98. The lowest BCUT2D eigenvalue weighted by atomic mass is 10.2. The highest BCUT2D eigenvalue weighted by molar-refractivity contribution is 5.75. The van der Waals surface area contributed by atoms with Crippen molar-refractivity contribution in [1.82, 2.24) is 9.78 Å². The number of hydrogen-bond donors (Lipinski definition) is 0. The van der Waals surface area contributed by atoms with E-state index in [1.54, 1.807) is 0 Å². The van der Waals surface area contributed by atoms with Crippen LogP contribution in [0, 0.1) is 6.92 Å². The zero-order chi connectivity index (χ0) is 9.68. The molecule has 0 bridgehead atoms. The number of aromatic nitrogens is 2. The fraction of sp³-hybridized carbons (Fsp3) is 0.600. The van der Waals surface area contributed by atoms with Crippen molar-refractivity contribution < 1.29 is 4.79 Å². The van der Waals surface area contributed by atoms with E-state index in [0.29, 0.717) is 5.56 Å². The van der Waals surface area contributed by atoms with E-state index in [4.69, 9.17) is 0 Å². The van der Waals surface area contributed by atoms with E-state index in [2.05, 4.69) is 12.0 Å². The van der Waals surface area contributed by atoms with Crippen LogP contribution in [0.1, 0.15) is 42.2 Å². The van der Waals surface area contributed by atoms with Gasteiger partial charge in [-0.05, 0) is 13.3 Å². The Balaban J connectivity index is 2.52. The largest absolute Gasteiger partial charge is 0.298 e. The van der Waals surface area contributed by atoms with Crippen molar-refractivity contribution in [2.45, 2.75) is 39.7 Å². The van der Waals surface area contributed by atoms with Crippen LogP contribution < -0.4 is 0 Å². The minimum atomic E-state index is 0.705. The highest BCUT2D eigenvalue weighted by Crippen LogP contribution is 2.04. The maximum absolute atomic E-state index is 10.5. The van der Waals surface area contributed by atoms with Gasteiger partial charge in [0.15, 0.2) is 6.29 Å². The van der Waals surface area contributed by atoms with Gasteiger partial charge in [0.25, 0.3) is 0 Å². The average Bonchev–Trinajstić information content (AvgIpc) is 2.47. The molecule has 1 rings (SSSR count). The van der Waals surface area contributed by atoms with Crippen LogP contribution in [0.15, 0.2) is 6.20 Å². The van der Waals surface area contributed by atoms with Crippen LogP contribution in [0.4, 0.5) is 0 Å². The van der Waals surface area contributed by atoms with Crippen molar-refractivity contribution in [3.63, 3.8) is 0 Å². The molecule has 0 aliphatic heterocycles. The van der Waals surface area contributed by atoms with Gasteiger partial charge in [-0.3, -0.25) is 9.48 Å².